The number of aromatic carboxylic acids is 1. The zero-order chi connectivity index (χ0) is 13.8. The van der Waals surface area contributed by atoms with Crippen molar-refractivity contribution >= 4 is 11.7 Å². The Labute approximate surface area is 111 Å². The fraction of sp³-hybridized carbons (Fsp3) is 0.286. The lowest BCUT2D eigenvalue weighted by molar-refractivity contribution is 0.0685. The van der Waals surface area contributed by atoms with Crippen LogP contribution in [0.1, 0.15) is 34.3 Å². The summed E-state index contributed by atoms with van der Waals surface area (Å²) in [6.07, 6.45) is 0.979. The standard InChI is InChI=1S/C14H16N2O3/c1-3-10-6-11(5-4-9(10)2)15-8-12-7-13(14(17)18)16-19-12/h4-7,15H,3,8H2,1-2H3,(H,17,18). The average molecular weight is 260 g/mol. The molecule has 2 rings (SSSR count). The monoisotopic (exact) mass is 260 g/mol. The Balaban J connectivity index is 2.03. The van der Waals surface area contributed by atoms with Gasteiger partial charge in [-0.05, 0) is 36.6 Å². The van der Waals surface area contributed by atoms with Gasteiger partial charge in [0, 0.05) is 11.8 Å². The highest BCUT2D eigenvalue weighted by molar-refractivity contribution is 5.85. The lowest BCUT2D eigenvalue weighted by Crippen LogP contribution is -2.00. The van der Waals surface area contributed by atoms with Gasteiger partial charge in [-0.15, -0.1) is 0 Å². The van der Waals surface area contributed by atoms with Crippen LogP contribution in [0.5, 0.6) is 0 Å². The van der Waals surface area contributed by atoms with E-state index in [1.807, 2.05) is 6.07 Å². The van der Waals surface area contributed by atoms with Crippen molar-refractivity contribution in [3.63, 3.8) is 0 Å². The first-order chi connectivity index (χ1) is 9.10. The zero-order valence-electron chi connectivity index (χ0n) is 10.9. The average Bonchev–Trinajstić information content (AvgIpc) is 2.87. The highest BCUT2D eigenvalue weighted by atomic mass is 16.5. The van der Waals surface area contributed by atoms with Crippen molar-refractivity contribution in [3.05, 3.63) is 46.8 Å². The van der Waals surface area contributed by atoms with Crippen LogP contribution >= 0.6 is 0 Å². The molecule has 0 saturated carbocycles. The summed E-state index contributed by atoms with van der Waals surface area (Å²) in [5, 5.41) is 15.4. The number of carboxylic acid groups (broad SMARTS) is 1. The van der Waals surface area contributed by atoms with Crippen LogP contribution in [0.3, 0.4) is 0 Å². The summed E-state index contributed by atoms with van der Waals surface area (Å²) >= 11 is 0. The van der Waals surface area contributed by atoms with Crippen LogP contribution < -0.4 is 5.32 Å². The third kappa shape index (κ3) is 3.13. The number of anilines is 1. The summed E-state index contributed by atoms with van der Waals surface area (Å²) in [6.45, 7) is 4.60. The summed E-state index contributed by atoms with van der Waals surface area (Å²) in [7, 11) is 0. The molecule has 0 saturated heterocycles. The van der Waals surface area contributed by atoms with Crippen LogP contribution in [0.25, 0.3) is 0 Å². The van der Waals surface area contributed by atoms with E-state index in [-0.39, 0.29) is 5.69 Å². The number of carbonyl (C=O) groups is 1. The molecule has 0 spiro atoms. The molecule has 5 heteroatoms. The normalized spacial score (nSPS) is 10.4. The number of aromatic nitrogens is 1. The van der Waals surface area contributed by atoms with E-state index in [9.17, 15) is 4.79 Å². The number of hydrogen-bond acceptors (Lipinski definition) is 4. The second-order valence-electron chi connectivity index (χ2n) is 4.33. The molecule has 5 nitrogen and oxygen atoms in total. The maximum atomic E-state index is 10.7. The predicted molar refractivity (Wildman–Crippen MR) is 71.3 cm³/mol. The molecule has 1 aromatic carbocycles. The van der Waals surface area contributed by atoms with Gasteiger partial charge in [-0.25, -0.2) is 4.79 Å². The molecule has 0 aliphatic carbocycles. The van der Waals surface area contributed by atoms with E-state index in [1.54, 1.807) is 0 Å². The Morgan fingerprint density at radius 3 is 2.84 bits per heavy atom. The van der Waals surface area contributed by atoms with Crippen molar-refractivity contribution in [1.29, 1.82) is 0 Å². The first-order valence-electron chi connectivity index (χ1n) is 6.12. The highest BCUT2D eigenvalue weighted by Gasteiger charge is 2.10. The van der Waals surface area contributed by atoms with E-state index in [4.69, 9.17) is 9.63 Å². The molecule has 1 aromatic heterocycles. The molecule has 100 valence electrons. The molecule has 0 radical (unpaired) electrons. The first kappa shape index (κ1) is 13.1. The van der Waals surface area contributed by atoms with Gasteiger partial charge in [0.25, 0.3) is 0 Å². The molecular formula is C14H16N2O3. The maximum Gasteiger partial charge on any atom is 0.358 e. The van der Waals surface area contributed by atoms with Gasteiger partial charge >= 0.3 is 5.97 Å². The summed E-state index contributed by atoms with van der Waals surface area (Å²) in [5.74, 6) is -0.588. The van der Waals surface area contributed by atoms with Crippen LogP contribution in [-0.4, -0.2) is 16.2 Å². The zero-order valence-corrected chi connectivity index (χ0v) is 10.9. The fourth-order valence-corrected chi connectivity index (χ4v) is 1.85. The molecule has 0 amide bonds. The topological polar surface area (TPSA) is 75.4 Å². The number of nitrogens with one attached hydrogen (secondary N) is 1. The highest BCUT2D eigenvalue weighted by Crippen LogP contribution is 2.17. The van der Waals surface area contributed by atoms with Gasteiger partial charge in [0.15, 0.2) is 11.5 Å². The number of aryl methyl sites for hydroxylation is 2. The Morgan fingerprint density at radius 1 is 1.42 bits per heavy atom. The second kappa shape index (κ2) is 5.56. The Hall–Kier alpha value is -2.30. The Morgan fingerprint density at radius 2 is 2.21 bits per heavy atom. The number of rotatable bonds is 5. The molecule has 2 aromatic rings. The summed E-state index contributed by atoms with van der Waals surface area (Å²) in [4.78, 5) is 10.7. The molecule has 0 fully saturated rings. The largest absolute Gasteiger partial charge is 0.476 e. The minimum Gasteiger partial charge on any atom is -0.476 e. The lowest BCUT2D eigenvalue weighted by Gasteiger charge is -2.08. The summed E-state index contributed by atoms with van der Waals surface area (Å²) in [5.41, 5.74) is 3.46. The maximum absolute atomic E-state index is 10.7. The molecule has 19 heavy (non-hydrogen) atoms. The molecule has 0 unspecified atom stereocenters. The summed E-state index contributed by atoms with van der Waals surface area (Å²) in [6, 6.07) is 7.56. The van der Waals surface area contributed by atoms with Crippen molar-refractivity contribution in [2.24, 2.45) is 0 Å². The molecular weight excluding hydrogens is 244 g/mol. The van der Waals surface area contributed by atoms with Crippen LogP contribution in [-0.2, 0) is 13.0 Å². The minimum atomic E-state index is -1.08. The van der Waals surface area contributed by atoms with Gasteiger partial charge in [0.05, 0.1) is 6.54 Å². The quantitative estimate of drug-likeness (QED) is 0.864. The number of hydrogen-bond donors (Lipinski definition) is 2. The van der Waals surface area contributed by atoms with Gasteiger partial charge in [-0.1, -0.05) is 18.1 Å². The second-order valence-corrected chi connectivity index (χ2v) is 4.33. The SMILES string of the molecule is CCc1cc(NCc2cc(C(=O)O)no2)ccc1C. The summed E-state index contributed by atoms with van der Waals surface area (Å²) < 4.78 is 4.93. The van der Waals surface area contributed by atoms with Crippen LogP contribution in [0.2, 0.25) is 0 Å². The fourth-order valence-electron chi connectivity index (χ4n) is 1.85. The minimum absolute atomic E-state index is 0.0741. The van der Waals surface area contributed by atoms with E-state index in [2.05, 4.69) is 36.5 Å². The number of carboxylic acids is 1. The van der Waals surface area contributed by atoms with Crippen molar-refractivity contribution in [2.75, 3.05) is 5.32 Å². The van der Waals surface area contributed by atoms with Crippen molar-refractivity contribution in [2.45, 2.75) is 26.8 Å². The number of benzene rings is 1. The number of nitrogens with zero attached hydrogens (tertiary/aromatic N) is 1. The van der Waals surface area contributed by atoms with Crippen molar-refractivity contribution in [1.82, 2.24) is 5.16 Å². The van der Waals surface area contributed by atoms with E-state index < -0.39 is 5.97 Å². The smallest absolute Gasteiger partial charge is 0.358 e. The third-order valence-corrected chi connectivity index (χ3v) is 2.97. The van der Waals surface area contributed by atoms with Crippen LogP contribution in [0.15, 0.2) is 28.8 Å². The van der Waals surface area contributed by atoms with Crippen LogP contribution in [0.4, 0.5) is 5.69 Å². The molecule has 0 atom stereocenters. The van der Waals surface area contributed by atoms with E-state index in [0.29, 0.717) is 12.3 Å². The van der Waals surface area contributed by atoms with Crippen molar-refractivity contribution < 1.29 is 14.4 Å². The van der Waals surface area contributed by atoms with Crippen molar-refractivity contribution in [3.8, 4) is 0 Å². The molecule has 0 aliphatic heterocycles. The van der Waals surface area contributed by atoms with E-state index in [1.165, 1.54) is 17.2 Å². The van der Waals surface area contributed by atoms with Gasteiger partial charge < -0.3 is 14.9 Å². The molecule has 1 heterocycles. The molecule has 0 bridgehead atoms. The molecule has 2 N–H and O–H groups in total. The Bertz CT molecular complexity index is 590. The predicted octanol–water partition coefficient (Wildman–Crippen LogP) is 2.86. The van der Waals surface area contributed by atoms with Gasteiger partial charge in [0.2, 0.25) is 0 Å². The van der Waals surface area contributed by atoms with Gasteiger partial charge in [-0.3, -0.25) is 0 Å². The van der Waals surface area contributed by atoms with Gasteiger partial charge in [-0.2, -0.15) is 0 Å². The van der Waals surface area contributed by atoms with E-state index >= 15 is 0 Å². The van der Waals surface area contributed by atoms with Crippen LogP contribution in [0, 0.1) is 6.92 Å². The first-order valence-corrected chi connectivity index (χ1v) is 6.12. The van der Waals surface area contributed by atoms with E-state index in [0.717, 1.165) is 12.1 Å². The Kier molecular flexibility index (Phi) is 3.85. The lowest BCUT2D eigenvalue weighted by atomic mass is 10.1. The third-order valence-electron chi connectivity index (χ3n) is 2.97. The molecule has 0 aliphatic rings. The van der Waals surface area contributed by atoms with Gasteiger partial charge in [0.1, 0.15) is 0 Å².